The van der Waals surface area contributed by atoms with E-state index in [0.717, 1.165) is 18.0 Å². The third-order valence-electron chi connectivity index (χ3n) is 4.71. The number of hydrogen-bond acceptors (Lipinski definition) is 3. The van der Waals surface area contributed by atoms with E-state index in [2.05, 4.69) is 18.3 Å². The Kier molecular flexibility index (Phi) is 4.15. The van der Waals surface area contributed by atoms with Gasteiger partial charge in [-0.05, 0) is 36.6 Å². The highest BCUT2D eigenvalue weighted by Gasteiger charge is 2.21. The van der Waals surface area contributed by atoms with Crippen LogP contribution in [0.3, 0.4) is 0 Å². The van der Waals surface area contributed by atoms with Crippen molar-refractivity contribution in [3.63, 3.8) is 0 Å². The Bertz CT molecular complexity index is 665. The number of fused-ring (bicyclic) bond motifs is 1. The molecule has 0 radical (unpaired) electrons. The predicted octanol–water partition coefficient (Wildman–Crippen LogP) is 3.36. The zero-order valence-electron chi connectivity index (χ0n) is 12.9. The van der Waals surface area contributed by atoms with Gasteiger partial charge in [-0.2, -0.15) is 0 Å². The Hall–Kier alpha value is -1.55. The quantitative estimate of drug-likeness (QED) is 0.917. The van der Waals surface area contributed by atoms with E-state index < -0.39 is 0 Å². The van der Waals surface area contributed by atoms with Gasteiger partial charge in [-0.3, -0.25) is 4.57 Å². The monoisotopic (exact) mass is 288 g/mol. The van der Waals surface area contributed by atoms with Crippen molar-refractivity contribution in [3.05, 3.63) is 34.3 Å². The molecule has 2 aromatic rings. The van der Waals surface area contributed by atoms with Crippen molar-refractivity contribution < 1.29 is 4.42 Å². The molecule has 4 heteroatoms. The van der Waals surface area contributed by atoms with Crippen molar-refractivity contribution in [2.24, 2.45) is 13.0 Å². The van der Waals surface area contributed by atoms with Crippen LogP contribution in [0.15, 0.2) is 27.4 Å². The molecule has 1 aliphatic carbocycles. The minimum absolute atomic E-state index is 0.294. The highest BCUT2D eigenvalue weighted by Crippen LogP contribution is 2.33. The topological polar surface area (TPSA) is 47.2 Å². The second-order valence-electron chi connectivity index (χ2n) is 6.15. The molecule has 4 nitrogen and oxygen atoms in total. The molecule has 0 bridgehead atoms. The summed E-state index contributed by atoms with van der Waals surface area (Å²) >= 11 is 0. The third-order valence-corrected chi connectivity index (χ3v) is 4.71. The largest absolute Gasteiger partial charge is 0.419 e. The van der Waals surface area contributed by atoms with Crippen LogP contribution in [0.2, 0.25) is 0 Å². The van der Waals surface area contributed by atoms with Gasteiger partial charge in [0.25, 0.3) is 0 Å². The summed E-state index contributed by atoms with van der Waals surface area (Å²) in [5, 5.41) is 3.59. The molecule has 0 aliphatic heterocycles. The molecule has 1 fully saturated rings. The molecule has 21 heavy (non-hydrogen) atoms. The van der Waals surface area contributed by atoms with Crippen LogP contribution in [0.25, 0.3) is 11.1 Å². The van der Waals surface area contributed by atoms with Crippen LogP contribution in [-0.4, -0.2) is 11.1 Å². The van der Waals surface area contributed by atoms with Crippen LogP contribution >= 0.6 is 0 Å². The van der Waals surface area contributed by atoms with Gasteiger partial charge < -0.3 is 9.73 Å². The summed E-state index contributed by atoms with van der Waals surface area (Å²) in [5.41, 5.74) is 2.78. The molecule has 1 unspecified atom stereocenters. The summed E-state index contributed by atoms with van der Waals surface area (Å²) in [5.74, 6) is 0.533. The lowest BCUT2D eigenvalue weighted by atomic mass is 9.93. The minimum Gasteiger partial charge on any atom is -0.408 e. The summed E-state index contributed by atoms with van der Waals surface area (Å²) in [7, 11) is 1.74. The summed E-state index contributed by atoms with van der Waals surface area (Å²) in [4.78, 5) is 11.6. The zero-order chi connectivity index (χ0) is 14.8. The van der Waals surface area contributed by atoms with Gasteiger partial charge in [0.1, 0.15) is 0 Å². The van der Waals surface area contributed by atoms with E-state index in [1.54, 1.807) is 11.6 Å². The Morgan fingerprint density at radius 1 is 1.38 bits per heavy atom. The third kappa shape index (κ3) is 2.91. The fourth-order valence-electron chi connectivity index (χ4n) is 3.53. The fourth-order valence-corrected chi connectivity index (χ4v) is 3.53. The summed E-state index contributed by atoms with van der Waals surface area (Å²) in [6, 6.07) is 6.50. The molecule has 1 atom stereocenters. The molecular formula is C17H24N2O2. The molecule has 3 rings (SSSR count). The molecule has 1 N–H and O–H groups in total. The number of benzene rings is 1. The average Bonchev–Trinajstić information content (AvgIpc) is 3.07. The average molecular weight is 288 g/mol. The standard InChI is InChI=1S/C17H24N2O2/c1-3-18-14(10-12-6-4-5-7-12)13-8-9-15-16(11-13)21-17(20)19(15)2/h8-9,11-12,14,18H,3-7,10H2,1-2H3. The smallest absolute Gasteiger partial charge is 0.408 e. The van der Waals surface area contributed by atoms with Gasteiger partial charge in [0.15, 0.2) is 5.58 Å². The molecule has 0 spiro atoms. The lowest BCUT2D eigenvalue weighted by molar-refractivity contribution is 0.400. The Labute approximate surface area is 125 Å². The number of nitrogens with zero attached hydrogens (tertiary/aromatic N) is 1. The van der Waals surface area contributed by atoms with Crippen molar-refractivity contribution >= 4 is 11.1 Å². The predicted molar refractivity (Wildman–Crippen MR) is 84.4 cm³/mol. The van der Waals surface area contributed by atoms with Crippen LogP contribution < -0.4 is 11.1 Å². The number of aryl methyl sites for hydroxylation is 1. The first kappa shape index (κ1) is 14.4. The van der Waals surface area contributed by atoms with E-state index >= 15 is 0 Å². The molecule has 0 amide bonds. The number of nitrogens with one attached hydrogen (secondary N) is 1. The first-order valence-corrected chi connectivity index (χ1v) is 8.02. The molecule has 114 valence electrons. The molecule has 1 aromatic heterocycles. The lowest BCUT2D eigenvalue weighted by Crippen LogP contribution is -2.23. The number of oxazole rings is 1. The van der Waals surface area contributed by atoms with Gasteiger partial charge in [0.2, 0.25) is 0 Å². The molecular weight excluding hydrogens is 264 g/mol. The lowest BCUT2D eigenvalue weighted by Gasteiger charge is -2.21. The number of aromatic nitrogens is 1. The fraction of sp³-hybridized carbons (Fsp3) is 0.588. The van der Waals surface area contributed by atoms with Crippen molar-refractivity contribution in [3.8, 4) is 0 Å². The Morgan fingerprint density at radius 3 is 2.86 bits per heavy atom. The van der Waals surface area contributed by atoms with Gasteiger partial charge in [0, 0.05) is 13.1 Å². The Morgan fingerprint density at radius 2 is 2.14 bits per heavy atom. The van der Waals surface area contributed by atoms with E-state index in [9.17, 15) is 4.79 Å². The van der Waals surface area contributed by atoms with Gasteiger partial charge in [-0.15, -0.1) is 0 Å². The van der Waals surface area contributed by atoms with Crippen LogP contribution in [0.4, 0.5) is 0 Å². The second kappa shape index (κ2) is 6.06. The first-order valence-electron chi connectivity index (χ1n) is 8.02. The first-order chi connectivity index (χ1) is 10.2. The van der Waals surface area contributed by atoms with E-state index in [0.29, 0.717) is 11.6 Å². The van der Waals surface area contributed by atoms with Gasteiger partial charge >= 0.3 is 5.76 Å². The van der Waals surface area contributed by atoms with Crippen molar-refractivity contribution in [2.75, 3.05) is 6.54 Å². The number of rotatable bonds is 5. The maximum absolute atomic E-state index is 11.6. The highest BCUT2D eigenvalue weighted by molar-refractivity contribution is 5.73. The van der Waals surface area contributed by atoms with Crippen LogP contribution in [0.1, 0.15) is 50.6 Å². The SMILES string of the molecule is CCNC(CC1CCCC1)c1ccc2c(c1)oc(=O)n2C. The highest BCUT2D eigenvalue weighted by atomic mass is 16.4. The Balaban J connectivity index is 1.88. The van der Waals surface area contributed by atoms with E-state index in [1.807, 2.05) is 12.1 Å². The van der Waals surface area contributed by atoms with Gasteiger partial charge in [0.05, 0.1) is 5.52 Å². The van der Waals surface area contributed by atoms with Crippen molar-refractivity contribution in [2.45, 2.75) is 45.1 Å². The van der Waals surface area contributed by atoms with Crippen molar-refractivity contribution in [1.29, 1.82) is 0 Å². The van der Waals surface area contributed by atoms with E-state index in [-0.39, 0.29) is 5.76 Å². The molecule has 0 saturated heterocycles. The molecule has 1 aromatic carbocycles. The second-order valence-corrected chi connectivity index (χ2v) is 6.15. The van der Waals surface area contributed by atoms with E-state index in [1.165, 1.54) is 37.7 Å². The van der Waals surface area contributed by atoms with Gasteiger partial charge in [-0.25, -0.2) is 4.79 Å². The van der Waals surface area contributed by atoms with Crippen LogP contribution in [-0.2, 0) is 7.05 Å². The zero-order valence-corrected chi connectivity index (χ0v) is 12.9. The molecule has 1 heterocycles. The normalized spacial score (nSPS) is 17.6. The number of hydrogen-bond donors (Lipinski definition) is 1. The molecule has 1 saturated carbocycles. The van der Waals surface area contributed by atoms with Gasteiger partial charge in [-0.1, -0.05) is 38.7 Å². The van der Waals surface area contributed by atoms with Crippen LogP contribution in [0, 0.1) is 5.92 Å². The summed E-state index contributed by atoms with van der Waals surface area (Å²) < 4.78 is 6.87. The maximum Gasteiger partial charge on any atom is 0.419 e. The minimum atomic E-state index is -0.294. The summed E-state index contributed by atoms with van der Waals surface area (Å²) in [6.07, 6.45) is 6.62. The summed E-state index contributed by atoms with van der Waals surface area (Å²) in [6.45, 7) is 3.09. The maximum atomic E-state index is 11.6. The molecule has 1 aliphatic rings. The van der Waals surface area contributed by atoms with Crippen molar-refractivity contribution in [1.82, 2.24) is 9.88 Å². The van der Waals surface area contributed by atoms with Crippen LogP contribution in [0.5, 0.6) is 0 Å². The van der Waals surface area contributed by atoms with E-state index in [4.69, 9.17) is 4.42 Å².